The van der Waals surface area contributed by atoms with E-state index in [0.29, 0.717) is 6.54 Å². The molecule has 0 heterocycles. The van der Waals surface area contributed by atoms with Gasteiger partial charge in [0.05, 0.1) is 0 Å². The van der Waals surface area contributed by atoms with Crippen LogP contribution in [-0.4, -0.2) is 30.8 Å². The zero-order valence-corrected chi connectivity index (χ0v) is 13.3. The summed E-state index contributed by atoms with van der Waals surface area (Å²) in [5.41, 5.74) is -0.431. The largest absolute Gasteiger partial charge is 0.444 e. The number of carbonyl (C=O) groups excluding carboxylic acids is 1. The second-order valence-corrected chi connectivity index (χ2v) is 6.15. The highest BCUT2D eigenvalue weighted by Crippen LogP contribution is 2.06. The van der Waals surface area contributed by atoms with Crippen molar-refractivity contribution in [3.63, 3.8) is 0 Å². The molecule has 0 aromatic rings. The lowest BCUT2D eigenvalue weighted by Gasteiger charge is -2.21. The smallest absolute Gasteiger partial charge is 0.407 e. The third-order valence-electron chi connectivity index (χ3n) is 2.72. The highest BCUT2D eigenvalue weighted by molar-refractivity contribution is 5.67. The van der Waals surface area contributed by atoms with Crippen LogP contribution in [0.2, 0.25) is 0 Å². The zero-order chi connectivity index (χ0) is 14.7. The predicted octanol–water partition coefficient (Wildman–Crippen LogP) is 3.46. The molecule has 4 heteroatoms. The van der Waals surface area contributed by atoms with Gasteiger partial charge in [0.1, 0.15) is 5.60 Å². The number of rotatable bonds is 9. The molecule has 0 rings (SSSR count). The van der Waals surface area contributed by atoms with E-state index in [0.717, 1.165) is 6.54 Å². The molecule has 0 aliphatic carbocycles. The topological polar surface area (TPSA) is 50.4 Å². The molecule has 0 aliphatic rings. The third-order valence-corrected chi connectivity index (χ3v) is 2.72. The average Bonchev–Trinajstić information content (AvgIpc) is 2.29. The Kier molecular flexibility index (Phi) is 9.66. The second kappa shape index (κ2) is 10.1. The zero-order valence-electron chi connectivity index (χ0n) is 13.3. The highest BCUT2D eigenvalue weighted by atomic mass is 16.6. The van der Waals surface area contributed by atoms with E-state index < -0.39 is 5.60 Å². The Morgan fingerprint density at radius 3 is 2.37 bits per heavy atom. The van der Waals surface area contributed by atoms with Crippen LogP contribution in [0.5, 0.6) is 0 Å². The van der Waals surface area contributed by atoms with E-state index in [2.05, 4.69) is 24.5 Å². The van der Waals surface area contributed by atoms with E-state index in [1.54, 1.807) is 0 Å². The van der Waals surface area contributed by atoms with Gasteiger partial charge in [-0.2, -0.15) is 0 Å². The van der Waals surface area contributed by atoms with Crippen molar-refractivity contribution < 1.29 is 9.53 Å². The van der Waals surface area contributed by atoms with Crippen LogP contribution in [0.3, 0.4) is 0 Å². The molecular weight excluding hydrogens is 240 g/mol. The first kappa shape index (κ1) is 18.2. The second-order valence-electron chi connectivity index (χ2n) is 6.15. The van der Waals surface area contributed by atoms with Crippen LogP contribution in [-0.2, 0) is 4.74 Å². The van der Waals surface area contributed by atoms with Crippen LogP contribution >= 0.6 is 0 Å². The van der Waals surface area contributed by atoms with Crippen LogP contribution in [0.1, 0.15) is 66.7 Å². The van der Waals surface area contributed by atoms with Gasteiger partial charge in [-0.1, -0.05) is 32.6 Å². The Labute approximate surface area is 118 Å². The SMILES string of the molecule is CCCCCCCNC(C)CNC(=O)OC(C)(C)C. The predicted molar refractivity (Wildman–Crippen MR) is 80.5 cm³/mol. The van der Waals surface area contributed by atoms with Crippen molar-refractivity contribution in [2.45, 2.75) is 78.4 Å². The van der Waals surface area contributed by atoms with E-state index in [1.165, 1.54) is 32.1 Å². The number of amides is 1. The first-order valence-corrected chi connectivity index (χ1v) is 7.55. The average molecular weight is 272 g/mol. The molecule has 0 saturated heterocycles. The quantitative estimate of drug-likeness (QED) is 0.632. The van der Waals surface area contributed by atoms with E-state index in [4.69, 9.17) is 4.74 Å². The minimum Gasteiger partial charge on any atom is -0.444 e. The molecule has 0 aromatic carbocycles. The number of carbonyl (C=O) groups is 1. The molecule has 1 atom stereocenters. The maximum atomic E-state index is 11.5. The van der Waals surface area contributed by atoms with Gasteiger partial charge in [0.25, 0.3) is 0 Å². The van der Waals surface area contributed by atoms with Gasteiger partial charge in [-0.15, -0.1) is 0 Å². The number of ether oxygens (including phenoxy) is 1. The van der Waals surface area contributed by atoms with Crippen molar-refractivity contribution in [3.8, 4) is 0 Å². The number of alkyl carbamates (subject to hydrolysis) is 1. The summed E-state index contributed by atoms with van der Waals surface area (Å²) in [7, 11) is 0. The fraction of sp³-hybridized carbons (Fsp3) is 0.933. The Morgan fingerprint density at radius 1 is 1.16 bits per heavy atom. The standard InChI is InChI=1S/C15H32N2O2/c1-6-7-8-9-10-11-16-13(2)12-17-14(18)19-15(3,4)5/h13,16H,6-12H2,1-5H3,(H,17,18). The van der Waals surface area contributed by atoms with Crippen molar-refractivity contribution in [1.82, 2.24) is 10.6 Å². The molecule has 1 unspecified atom stereocenters. The lowest BCUT2D eigenvalue weighted by atomic mass is 10.1. The fourth-order valence-electron chi connectivity index (χ4n) is 1.70. The molecule has 0 bridgehead atoms. The Balaban J connectivity index is 3.48. The summed E-state index contributed by atoms with van der Waals surface area (Å²) in [5.74, 6) is 0. The van der Waals surface area contributed by atoms with Gasteiger partial charge >= 0.3 is 6.09 Å². The maximum Gasteiger partial charge on any atom is 0.407 e. The summed E-state index contributed by atoms with van der Waals surface area (Å²) in [6.45, 7) is 11.5. The summed E-state index contributed by atoms with van der Waals surface area (Å²) >= 11 is 0. The normalized spacial score (nSPS) is 13.1. The monoisotopic (exact) mass is 272 g/mol. The summed E-state index contributed by atoms with van der Waals surface area (Å²) < 4.78 is 5.18. The minimum absolute atomic E-state index is 0.277. The molecular formula is C15H32N2O2. The van der Waals surface area contributed by atoms with Crippen LogP contribution in [0.25, 0.3) is 0 Å². The summed E-state index contributed by atoms with van der Waals surface area (Å²) in [6.07, 6.45) is 6.08. The first-order valence-electron chi connectivity index (χ1n) is 7.55. The molecule has 0 spiro atoms. The first-order chi connectivity index (χ1) is 8.85. The van der Waals surface area contributed by atoms with Gasteiger partial charge in [-0.3, -0.25) is 0 Å². The minimum atomic E-state index is -0.431. The number of hydrogen-bond acceptors (Lipinski definition) is 3. The third kappa shape index (κ3) is 13.5. The molecule has 0 aromatic heterocycles. The summed E-state index contributed by atoms with van der Waals surface area (Å²) in [6, 6.07) is 0.277. The van der Waals surface area contributed by atoms with Crippen molar-refractivity contribution in [1.29, 1.82) is 0 Å². The molecule has 4 nitrogen and oxygen atoms in total. The number of nitrogens with one attached hydrogen (secondary N) is 2. The molecule has 0 fully saturated rings. The van der Waals surface area contributed by atoms with Crippen molar-refractivity contribution in [2.24, 2.45) is 0 Å². The van der Waals surface area contributed by atoms with Crippen molar-refractivity contribution in [3.05, 3.63) is 0 Å². The summed E-state index contributed by atoms with van der Waals surface area (Å²) in [4.78, 5) is 11.5. The lowest BCUT2D eigenvalue weighted by Crippen LogP contribution is -2.41. The van der Waals surface area contributed by atoms with E-state index >= 15 is 0 Å². The number of hydrogen-bond donors (Lipinski definition) is 2. The van der Waals surface area contributed by atoms with Gasteiger partial charge in [0.2, 0.25) is 0 Å². The molecule has 19 heavy (non-hydrogen) atoms. The fourth-order valence-corrected chi connectivity index (χ4v) is 1.70. The van der Waals surface area contributed by atoms with Gasteiger partial charge < -0.3 is 15.4 Å². The summed E-state index contributed by atoms with van der Waals surface area (Å²) in [5, 5.41) is 6.18. The van der Waals surface area contributed by atoms with E-state index in [9.17, 15) is 4.79 Å². The van der Waals surface area contributed by atoms with Crippen molar-refractivity contribution in [2.75, 3.05) is 13.1 Å². The molecule has 1 amide bonds. The van der Waals surface area contributed by atoms with Crippen LogP contribution < -0.4 is 10.6 Å². The van der Waals surface area contributed by atoms with Gasteiger partial charge in [0, 0.05) is 12.6 Å². The van der Waals surface area contributed by atoms with Gasteiger partial charge in [-0.25, -0.2) is 4.79 Å². The Hall–Kier alpha value is -0.770. The van der Waals surface area contributed by atoms with E-state index in [-0.39, 0.29) is 12.1 Å². The molecule has 0 aliphatic heterocycles. The van der Waals surface area contributed by atoms with Gasteiger partial charge in [-0.05, 0) is 40.7 Å². The van der Waals surface area contributed by atoms with Crippen molar-refractivity contribution >= 4 is 6.09 Å². The molecule has 0 saturated carbocycles. The maximum absolute atomic E-state index is 11.5. The van der Waals surface area contributed by atoms with Gasteiger partial charge in [0.15, 0.2) is 0 Å². The molecule has 0 radical (unpaired) electrons. The van der Waals surface area contributed by atoms with Crippen LogP contribution in [0.4, 0.5) is 4.79 Å². The lowest BCUT2D eigenvalue weighted by molar-refractivity contribution is 0.0523. The molecule has 114 valence electrons. The Morgan fingerprint density at radius 2 is 1.79 bits per heavy atom. The highest BCUT2D eigenvalue weighted by Gasteiger charge is 2.16. The van der Waals surface area contributed by atoms with Crippen LogP contribution in [0.15, 0.2) is 0 Å². The van der Waals surface area contributed by atoms with E-state index in [1.807, 2.05) is 20.8 Å². The molecule has 2 N–H and O–H groups in total. The number of unbranched alkanes of at least 4 members (excludes halogenated alkanes) is 4. The van der Waals surface area contributed by atoms with Crippen LogP contribution in [0, 0.1) is 0 Å². The Bertz CT molecular complexity index is 237.